The standard InChI is InChI=1S/C17H12Cl2FN3O/c18-11-2-1-10(14(19)7-11)3-4-23-17(24)13-8-12(20)9-15-16(13)22-6-5-21-15/h1-2,5-9H,3-4H2,(H,23,24). The van der Waals surface area contributed by atoms with E-state index >= 15 is 0 Å². The molecule has 0 bridgehead atoms. The van der Waals surface area contributed by atoms with Gasteiger partial charge in [-0.05, 0) is 30.2 Å². The second-order valence-electron chi connectivity index (χ2n) is 5.12. The van der Waals surface area contributed by atoms with Gasteiger partial charge < -0.3 is 5.32 Å². The molecule has 3 aromatic rings. The van der Waals surface area contributed by atoms with Crippen LogP contribution in [-0.4, -0.2) is 22.4 Å². The van der Waals surface area contributed by atoms with Crippen molar-refractivity contribution in [3.05, 3.63) is 69.7 Å². The maximum absolute atomic E-state index is 13.7. The lowest BCUT2D eigenvalue weighted by Gasteiger charge is -2.09. The van der Waals surface area contributed by atoms with Gasteiger partial charge >= 0.3 is 0 Å². The molecule has 0 spiro atoms. The number of carbonyl (C=O) groups excluding carboxylic acids is 1. The Morgan fingerprint density at radius 1 is 1.12 bits per heavy atom. The first-order valence-corrected chi connectivity index (χ1v) is 7.92. The second kappa shape index (κ2) is 7.11. The Labute approximate surface area is 147 Å². The highest BCUT2D eigenvalue weighted by Gasteiger charge is 2.13. The molecule has 0 aliphatic carbocycles. The molecule has 0 aliphatic rings. The Morgan fingerprint density at radius 3 is 2.71 bits per heavy atom. The van der Waals surface area contributed by atoms with Crippen molar-refractivity contribution >= 4 is 40.1 Å². The van der Waals surface area contributed by atoms with Crippen LogP contribution in [0.4, 0.5) is 4.39 Å². The Morgan fingerprint density at radius 2 is 1.92 bits per heavy atom. The number of hydrogen-bond acceptors (Lipinski definition) is 3. The molecule has 7 heteroatoms. The SMILES string of the molecule is O=C(NCCc1ccc(Cl)cc1Cl)c1cc(F)cc2nccnc12. The largest absolute Gasteiger partial charge is 0.352 e. The third-order valence-electron chi connectivity index (χ3n) is 3.48. The average molecular weight is 364 g/mol. The summed E-state index contributed by atoms with van der Waals surface area (Å²) in [4.78, 5) is 20.5. The van der Waals surface area contributed by atoms with E-state index in [1.165, 1.54) is 18.5 Å². The third-order valence-corrected chi connectivity index (χ3v) is 4.07. The lowest BCUT2D eigenvalue weighted by molar-refractivity contribution is 0.0955. The highest BCUT2D eigenvalue weighted by atomic mass is 35.5. The van der Waals surface area contributed by atoms with Crippen LogP contribution in [0.5, 0.6) is 0 Å². The minimum Gasteiger partial charge on any atom is -0.352 e. The molecule has 0 saturated carbocycles. The summed E-state index contributed by atoms with van der Waals surface area (Å²) in [6.07, 6.45) is 3.44. The molecular formula is C17H12Cl2FN3O. The first kappa shape index (κ1) is 16.6. The van der Waals surface area contributed by atoms with Crippen LogP contribution in [0.2, 0.25) is 10.0 Å². The third kappa shape index (κ3) is 3.63. The van der Waals surface area contributed by atoms with Crippen molar-refractivity contribution in [2.75, 3.05) is 6.54 Å². The maximum Gasteiger partial charge on any atom is 0.253 e. The van der Waals surface area contributed by atoms with Crippen molar-refractivity contribution < 1.29 is 9.18 Å². The van der Waals surface area contributed by atoms with Crippen molar-refractivity contribution in [1.82, 2.24) is 15.3 Å². The molecule has 0 atom stereocenters. The number of aromatic nitrogens is 2. The molecular weight excluding hydrogens is 352 g/mol. The van der Waals surface area contributed by atoms with Crippen LogP contribution in [0.1, 0.15) is 15.9 Å². The van der Waals surface area contributed by atoms with E-state index in [1.54, 1.807) is 18.2 Å². The van der Waals surface area contributed by atoms with E-state index in [-0.39, 0.29) is 5.56 Å². The number of hydrogen-bond donors (Lipinski definition) is 1. The number of fused-ring (bicyclic) bond motifs is 1. The summed E-state index contributed by atoms with van der Waals surface area (Å²) in [6.45, 7) is 0.346. The molecule has 1 amide bonds. The molecule has 122 valence electrons. The number of benzene rings is 2. The predicted octanol–water partition coefficient (Wildman–Crippen LogP) is 4.05. The van der Waals surface area contributed by atoms with Gasteiger partial charge in [-0.2, -0.15) is 0 Å². The topological polar surface area (TPSA) is 54.9 Å². The van der Waals surface area contributed by atoms with Gasteiger partial charge in [-0.1, -0.05) is 29.3 Å². The van der Waals surface area contributed by atoms with Crippen molar-refractivity contribution in [2.45, 2.75) is 6.42 Å². The minimum absolute atomic E-state index is 0.153. The van der Waals surface area contributed by atoms with Gasteiger partial charge in [0.25, 0.3) is 5.91 Å². The van der Waals surface area contributed by atoms with Crippen LogP contribution in [0.15, 0.2) is 42.7 Å². The van der Waals surface area contributed by atoms with Crippen molar-refractivity contribution in [3.8, 4) is 0 Å². The lowest BCUT2D eigenvalue weighted by Crippen LogP contribution is -2.26. The van der Waals surface area contributed by atoms with E-state index in [4.69, 9.17) is 23.2 Å². The number of rotatable bonds is 4. The second-order valence-corrected chi connectivity index (χ2v) is 5.96. The summed E-state index contributed by atoms with van der Waals surface area (Å²) in [6, 6.07) is 7.59. The van der Waals surface area contributed by atoms with E-state index in [1.807, 2.05) is 0 Å². The van der Waals surface area contributed by atoms with Crippen LogP contribution in [-0.2, 0) is 6.42 Å². The quantitative estimate of drug-likeness (QED) is 0.760. The molecule has 0 radical (unpaired) electrons. The summed E-state index contributed by atoms with van der Waals surface area (Å²) in [7, 11) is 0. The van der Waals surface area contributed by atoms with Crippen LogP contribution in [0.25, 0.3) is 11.0 Å². The first-order chi connectivity index (χ1) is 11.5. The van der Waals surface area contributed by atoms with E-state index < -0.39 is 11.7 Å². The first-order valence-electron chi connectivity index (χ1n) is 7.17. The molecule has 0 unspecified atom stereocenters. The van der Waals surface area contributed by atoms with Gasteiger partial charge in [-0.3, -0.25) is 14.8 Å². The molecule has 0 saturated heterocycles. The zero-order valence-electron chi connectivity index (χ0n) is 12.4. The van der Waals surface area contributed by atoms with Crippen molar-refractivity contribution in [1.29, 1.82) is 0 Å². The monoisotopic (exact) mass is 363 g/mol. The van der Waals surface area contributed by atoms with Crippen LogP contribution >= 0.6 is 23.2 Å². The van der Waals surface area contributed by atoms with E-state index in [2.05, 4.69) is 15.3 Å². The fourth-order valence-corrected chi connectivity index (χ4v) is 2.85. The van der Waals surface area contributed by atoms with Gasteiger partial charge in [-0.15, -0.1) is 0 Å². The van der Waals surface area contributed by atoms with Crippen LogP contribution in [0.3, 0.4) is 0 Å². The molecule has 1 heterocycles. The van der Waals surface area contributed by atoms with Gasteiger partial charge in [0.05, 0.1) is 11.1 Å². The Balaban J connectivity index is 1.74. The van der Waals surface area contributed by atoms with Gasteiger partial charge in [0.1, 0.15) is 11.3 Å². The zero-order chi connectivity index (χ0) is 17.1. The van der Waals surface area contributed by atoms with Crippen molar-refractivity contribution in [2.24, 2.45) is 0 Å². The Bertz CT molecular complexity index is 917. The molecule has 24 heavy (non-hydrogen) atoms. The molecule has 0 fully saturated rings. The molecule has 1 aromatic heterocycles. The van der Waals surface area contributed by atoms with Gasteiger partial charge in [0.15, 0.2) is 0 Å². The van der Waals surface area contributed by atoms with Crippen LogP contribution in [0, 0.1) is 5.82 Å². The molecule has 2 aromatic carbocycles. The number of halogens is 3. The number of carbonyl (C=O) groups is 1. The summed E-state index contributed by atoms with van der Waals surface area (Å²) in [5.74, 6) is -0.945. The number of nitrogens with one attached hydrogen (secondary N) is 1. The van der Waals surface area contributed by atoms with Crippen molar-refractivity contribution in [3.63, 3.8) is 0 Å². The van der Waals surface area contributed by atoms with E-state index in [0.717, 1.165) is 11.6 Å². The highest BCUT2D eigenvalue weighted by Crippen LogP contribution is 2.21. The normalized spacial score (nSPS) is 10.8. The molecule has 3 rings (SSSR count). The lowest BCUT2D eigenvalue weighted by atomic mass is 10.1. The zero-order valence-corrected chi connectivity index (χ0v) is 13.9. The van der Waals surface area contributed by atoms with E-state index in [9.17, 15) is 9.18 Å². The smallest absolute Gasteiger partial charge is 0.253 e. The fourth-order valence-electron chi connectivity index (χ4n) is 2.34. The summed E-state index contributed by atoms with van der Waals surface area (Å²) < 4.78 is 13.7. The fraction of sp³-hybridized carbons (Fsp3) is 0.118. The number of nitrogens with zero attached hydrogens (tertiary/aromatic N) is 2. The highest BCUT2D eigenvalue weighted by molar-refractivity contribution is 6.35. The van der Waals surface area contributed by atoms with Crippen LogP contribution < -0.4 is 5.32 Å². The average Bonchev–Trinajstić information content (AvgIpc) is 2.56. The Kier molecular flexibility index (Phi) is 4.92. The molecule has 1 N–H and O–H groups in total. The molecule has 0 aliphatic heterocycles. The summed E-state index contributed by atoms with van der Waals surface area (Å²) in [5, 5.41) is 3.84. The number of amides is 1. The van der Waals surface area contributed by atoms with Gasteiger partial charge in [0.2, 0.25) is 0 Å². The maximum atomic E-state index is 13.7. The summed E-state index contributed by atoms with van der Waals surface area (Å²) in [5.41, 5.74) is 1.72. The van der Waals surface area contributed by atoms with Gasteiger partial charge in [0, 0.05) is 35.1 Å². The van der Waals surface area contributed by atoms with Gasteiger partial charge in [-0.25, -0.2) is 4.39 Å². The minimum atomic E-state index is -0.533. The van der Waals surface area contributed by atoms with E-state index in [0.29, 0.717) is 34.0 Å². The predicted molar refractivity (Wildman–Crippen MR) is 92.0 cm³/mol. The summed E-state index contributed by atoms with van der Waals surface area (Å²) >= 11 is 11.9. The Hall–Kier alpha value is -2.24. The molecule has 4 nitrogen and oxygen atoms in total.